The SMILES string of the molecule is C[C@H]1C=C[C@H]2C[C@H](CO)CC[C@@H]2[C@H]1CCC(=O)O. The van der Waals surface area contributed by atoms with Crippen molar-refractivity contribution in [1.29, 1.82) is 0 Å². The third-order valence-electron chi connectivity index (χ3n) is 4.90. The highest BCUT2D eigenvalue weighted by molar-refractivity contribution is 5.66. The van der Waals surface area contributed by atoms with Crippen molar-refractivity contribution in [2.45, 2.75) is 39.0 Å². The Morgan fingerprint density at radius 2 is 2.11 bits per heavy atom. The van der Waals surface area contributed by atoms with E-state index in [9.17, 15) is 9.90 Å². The number of fused-ring (bicyclic) bond motifs is 1. The summed E-state index contributed by atoms with van der Waals surface area (Å²) in [5.74, 6) is 1.96. The van der Waals surface area contributed by atoms with E-state index < -0.39 is 5.97 Å². The quantitative estimate of drug-likeness (QED) is 0.756. The average Bonchev–Trinajstić information content (AvgIpc) is 2.36. The van der Waals surface area contributed by atoms with Crippen molar-refractivity contribution >= 4 is 5.97 Å². The van der Waals surface area contributed by atoms with Crippen LogP contribution in [-0.2, 0) is 4.79 Å². The molecule has 3 heteroatoms. The fraction of sp³-hybridized carbons (Fsp3) is 0.800. The van der Waals surface area contributed by atoms with Gasteiger partial charge in [-0.05, 0) is 55.3 Å². The van der Waals surface area contributed by atoms with Crippen LogP contribution in [-0.4, -0.2) is 22.8 Å². The number of carboxylic acid groups (broad SMARTS) is 1. The maximum Gasteiger partial charge on any atom is 0.303 e. The van der Waals surface area contributed by atoms with E-state index in [4.69, 9.17) is 5.11 Å². The van der Waals surface area contributed by atoms with Crippen molar-refractivity contribution in [3.63, 3.8) is 0 Å². The highest BCUT2D eigenvalue weighted by atomic mass is 16.4. The zero-order valence-electron chi connectivity index (χ0n) is 11.1. The van der Waals surface area contributed by atoms with Crippen LogP contribution in [0.4, 0.5) is 0 Å². The van der Waals surface area contributed by atoms with E-state index in [1.165, 1.54) is 0 Å². The zero-order chi connectivity index (χ0) is 13.1. The van der Waals surface area contributed by atoms with E-state index in [0.29, 0.717) is 36.2 Å². The molecule has 0 amide bonds. The number of hydrogen-bond donors (Lipinski definition) is 2. The molecule has 102 valence electrons. The van der Waals surface area contributed by atoms with Gasteiger partial charge in [0.1, 0.15) is 0 Å². The summed E-state index contributed by atoms with van der Waals surface area (Å²) in [6.07, 6.45) is 8.98. The molecule has 2 rings (SSSR count). The van der Waals surface area contributed by atoms with Crippen molar-refractivity contribution in [2.24, 2.45) is 29.6 Å². The van der Waals surface area contributed by atoms with Crippen LogP contribution >= 0.6 is 0 Å². The monoisotopic (exact) mass is 252 g/mol. The van der Waals surface area contributed by atoms with Crippen molar-refractivity contribution in [2.75, 3.05) is 6.61 Å². The first kappa shape index (κ1) is 13.6. The standard InChI is InChI=1S/C15H24O3/c1-10-2-4-12-8-11(9-16)3-5-14(12)13(10)6-7-15(17)18/h2,4,10-14,16H,3,5-9H2,1H3,(H,17,18)/t10-,11+,12-,13-,14-/m0/s1. The van der Waals surface area contributed by atoms with Crippen molar-refractivity contribution < 1.29 is 15.0 Å². The summed E-state index contributed by atoms with van der Waals surface area (Å²) in [5, 5.41) is 18.1. The van der Waals surface area contributed by atoms with Gasteiger partial charge in [-0.3, -0.25) is 4.79 Å². The van der Waals surface area contributed by atoms with Gasteiger partial charge in [-0.2, -0.15) is 0 Å². The van der Waals surface area contributed by atoms with Gasteiger partial charge in [-0.15, -0.1) is 0 Å². The number of carbonyl (C=O) groups is 1. The van der Waals surface area contributed by atoms with Crippen LogP contribution in [0, 0.1) is 29.6 Å². The summed E-state index contributed by atoms with van der Waals surface area (Å²) in [6.45, 7) is 2.50. The molecule has 0 spiro atoms. The average molecular weight is 252 g/mol. The van der Waals surface area contributed by atoms with E-state index in [1.807, 2.05) is 0 Å². The molecule has 0 saturated heterocycles. The molecule has 0 aromatic heterocycles. The van der Waals surface area contributed by atoms with Gasteiger partial charge in [0.2, 0.25) is 0 Å². The maximum absolute atomic E-state index is 10.8. The number of hydrogen-bond acceptors (Lipinski definition) is 2. The number of allylic oxidation sites excluding steroid dienone is 2. The lowest BCUT2D eigenvalue weighted by molar-refractivity contribution is -0.137. The molecule has 3 nitrogen and oxygen atoms in total. The van der Waals surface area contributed by atoms with Gasteiger partial charge >= 0.3 is 5.97 Å². The van der Waals surface area contributed by atoms with Gasteiger partial charge in [0.05, 0.1) is 0 Å². The van der Waals surface area contributed by atoms with E-state index in [2.05, 4.69) is 19.1 Å². The van der Waals surface area contributed by atoms with Gasteiger partial charge in [0, 0.05) is 13.0 Å². The second kappa shape index (κ2) is 5.87. The van der Waals surface area contributed by atoms with Crippen LogP contribution in [0.3, 0.4) is 0 Å². The van der Waals surface area contributed by atoms with Crippen LogP contribution in [0.1, 0.15) is 39.0 Å². The minimum absolute atomic E-state index is 0.287. The second-order valence-electron chi connectivity index (χ2n) is 6.03. The highest BCUT2D eigenvalue weighted by Gasteiger charge is 2.38. The van der Waals surface area contributed by atoms with E-state index in [0.717, 1.165) is 25.7 Å². The second-order valence-corrected chi connectivity index (χ2v) is 6.03. The Kier molecular flexibility index (Phi) is 4.44. The Balaban J connectivity index is 2.02. The van der Waals surface area contributed by atoms with Crippen molar-refractivity contribution in [1.82, 2.24) is 0 Å². The predicted molar refractivity (Wildman–Crippen MR) is 70.1 cm³/mol. The third kappa shape index (κ3) is 2.94. The Hall–Kier alpha value is -0.830. The summed E-state index contributed by atoms with van der Waals surface area (Å²) in [5.41, 5.74) is 0. The molecule has 0 bridgehead atoms. The first-order chi connectivity index (χ1) is 8.61. The number of aliphatic hydroxyl groups excluding tert-OH is 1. The molecule has 18 heavy (non-hydrogen) atoms. The normalized spacial score (nSPS) is 39.3. The molecule has 0 aromatic carbocycles. The van der Waals surface area contributed by atoms with Crippen LogP contribution in [0.5, 0.6) is 0 Å². The molecule has 5 atom stereocenters. The summed E-state index contributed by atoms with van der Waals surface area (Å²) >= 11 is 0. The zero-order valence-corrected chi connectivity index (χ0v) is 11.1. The summed E-state index contributed by atoms with van der Waals surface area (Å²) in [4.78, 5) is 10.8. The smallest absolute Gasteiger partial charge is 0.303 e. The van der Waals surface area contributed by atoms with Gasteiger partial charge < -0.3 is 10.2 Å². The van der Waals surface area contributed by atoms with Gasteiger partial charge in [-0.1, -0.05) is 19.1 Å². The van der Waals surface area contributed by atoms with E-state index in [-0.39, 0.29) is 6.42 Å². The Morgan fingerprint density at radius 3 is 2.78 bits per heavy atom. The maximum atomic E-state index is 10.8. The fourth-order valence-corrected chi connectivity index (χ4v) is 3.86. The van der Waals surface area contributed by atoms with Gasteiger partial charge in [0.25, 0.3) is 0 Å². The van der Waals surface area contributed by atoms with Gasteiger partial charge in [-0.25, -0.2) is 0 Å². The van der Waals surface area contributed by atoms with Crippen molar-refractivity contribution in [3.8, 4) is 0 Å². The molecule has 1 fully saturated rings. The molecular formula is C15H24O3. The van der Waals surface area contributed by atoms with Crippen LogP contribution in [0.25, 0.3) is 0 Å². The summed E-state index contributed by atoms with van der Waals surface area (Å²) in [7, 11) is 0. The molecule has 1 saturated carbocycles. The number of carboxylic acids is 1. The Bertz CT molecular complexity index is 324. The molecule has 0 unspecified atom stereocenters. The Morgan fingerprint density at radius 1 is 1.33 bits per heavy atom. The van der Waals surface area contributed by atoms with E-state index in [1.54, 1.807) is 0 Å². The summed E-state index contributed by atoms with van der Waals surface area (Å²) in [6, 6.07) is 0. The van der Waals surface area contributed by atoms with Crippen molar-refractivity contribution in [3.05, 3.63) is 12.2 Å². The van der Waals surface area contributed by atoms with E-state index >= 15 is 0 Å². The number of aliphatic hydroxyl groups is 1. The lowest BCUT2D eigenvalue weighted by Crippen LogP contribution is -2.36. The minimum atomic E-state index is -0.683. The number of aliphatic carboxylic acids is 1. The molecule has 2 aliphatic rings. The lowest BCUT2D eigenvalue weighted by atomic mass is 9.62. The minimum Gasteiger partial charge on any atom is -0.481 e. The first-order valence-electron chi connectivity index (χ1n) is 7.12. The molecule has 0 heterocycles. The van der Waals surface area contributed by atoms with Gasteiger partial charge in [0.15, 0.2) is 0 Å². The predicted octanol–water partition coefficient (Wildman–Crippen LogP) is 2.70. The molecule has 0 aromatic rings. The van der Waals surface area contributed by atoms with Crippen LogP contribution in [0.15, 0.2) is 12.2 Å². The molecule has 0 radical (unpaired) electrons. The first-order valence-corrected chi connectivity index (χ1v) is 7.12. The highest BCUT2D eigenvalue weighted by Crippen LogP contribution is 2.46. The van der Waals surface area contributed by atoms with Crippen LogP contribution < -0.4 is 0 Å². The lowest BCUT2D eigenvalue weighted by Gasteiger charge is -2.43. The molecular weight excluding hydrogens is 228 g/mol. The molecule has 2 aliphatic carbocycles. The number of rotatable bonds is 4. The molecule has 2 N–H and O–H groups in total. The van der Waals surface area contributed by atoms with Crippen LogP contribution in [0.2, 0.25) is 0 Å². The Labute approximate surface area is 109 Å². The largest absolute Gasteiger partial charge is 0.481 e. The topological polar surface area (TPSA) is 57.5 Å². The third-order valence-corrected chi connectivity index (χ3v) is 4.90. The fourth-order valence-electron chi connectivity index (χ4n) is 3.86. The summed E-state index contributed by atoms with van der Waals surface area (Å²) < 4.78 is 0. The molecule has 0 aliphatic heterocycles.